The van der Waals surface area contributed by atoms with Crippen LogP contribution in [0.2, 0.25) is 0 Å². The van der Waals surface area contributed by atoms with Crippen LogP contribution in [0.15, 0.2) is 0 Å². The van der Waals surface area contributed by atoms with E-state index in [1.807, 2.05) is 11.8 Å². The maximum atomic E-state index is 5.70. The van der Waals surface area contributed by atoms with E-state index >= 15 is 0 Å². The van der Waals surface area contributed by atoms with Crippen molar-refractivity contribution in [1.29, 1.82) is 0 Å². The van der Waals surface area contributed by atoms with E-state index in [0.29, 0.717) is 5.41 Å². The van der Waals surface area contributed by atoms with Crippen molar-refractivity contribution in [2.45, 2.75) is 25.7 Å². The first-order valence-corrected chi connectivity index (χ1v) is 7.99. The molecule has 0 aromatic carbocycles. The molecule has 1 heterocycles. The van der Waals surface area contributed by atoms with Gasteiger partial charge in [-0.25, -0.2) is 0 Å². The maximum Gasteiger partial charge on any atom is 0.0587 e. The Bertz CT molecular complexity index is 184. The Balaban J connectivity index is 2.29. The van der Waals surface area contributed by atoms with Crippen LogP contribution in [0.3, 0.4) is 0 Å². The van der Waals surface area contributed by atoms with E-state index in [1.54, 1.807) is 7.11 Å². The van der Waals surface area contributed by atoms with E-state index in [4.69, 9.17) is 9.47 Å². The lowest BCUT2D eigenvalue weighted by Gasteiger charge is -2.37. The van der Waals surface area contributed by atoms with Crippen LogP contribution in [-0.4, -0.2) is 52.0 Å². The van der Waals surface area contributed by atoms with Gasteiger partial charge in [-0.2, -0.15) is 11.8 Å². The Hall–Kier alpha value is 0.230. The fourth-order valence-electron chi connectivity index (χ4n) is 2.45. The molecule has 1 aliphatic heterocycles. The molecule has 1 unspecified atom stereocenters. The average Bonchev–Trinajstić information content (AvgIpc) is 2.36. The second-order valence-corrected chi connectivity index (χ2v) is 5.91. The van der Waals surface area contributed by atoms with Crippen molar-refractivity contribution in [3.63, 3.8) is 0 Å². The number of hydrogen-bond donors (Lipinski definition) is 1. The molecule has 0 aromatic heterocycles. The first-order chi connectivity index (χ1) is 8.33. The molecule has 1 atom stereocenters. The van der Waals surface area contributed by atoms with Crippen molar-refractivity contribution in [2.75, 3.05) is 52.0 Å². The number of thioether (sulfide) groups is 1. The molecule has 0 aromatic rings. The molecule has 1 saturated heterocycles. The highest BCUT2D eigenvalue weighted by molar-refractivity contribution is 7.98. The zero-order valence-corrected chi connectivity index (χ0v) is 12.1. The molecule has 0 radical (unpaired) electrons. The highest BCUT2D eigenvalue weighted by Gasteiger charge is 2.31. The van der Waals surface area contributed by atoms with E-state index in [9.17, 15) is 0 Å². The summed E-state index contributed by atoms with van der Waals surface area (Å²) in [6, 6.07) is 0. The summed E-state index contributed by atoms with van der Waals surface area (Å²) in [4.78, 5) is 0. The number of rotatable bonds is 9. The zero-order chi connectivity index (χ0) is 12.4. The predicted octanol–water partition coefficient (Wildman–Crippen LogP) is 2.16. The third kappa shape index (κ3) is 6.09. The quantitative estimate of drug-likeness (QED) is 0.644. The molecule has 1 rings (SSSR count). The molecule has 17 heavy (non-hydrogen) atoms. The third-order valence-corrected chi connectivity index (χ3v) is 4.14. The van der Waals surface area contributed by atoms with Gasteiger partial charge in [-0.1, -0.05) is 0 Å². The Morgan fingerprint density at radius 1 is 1.47 bits per heavy atom. The van der Waals surface area contributed by atoms with Gasteiger partial charge in [-0.15, -0.1) is 0 Å². The third-order valence-electron chi connectivity index (χ3n) is 3.44. The molecule has 102 valence electrons. The van der Waals surface area contributed by atoms with Crippen LogP contribution in [0.5, 0.6) is 0 Å². The minimum atomic E-state index is 0.377. The summed E-state index contributed by atoms with van der Waals surface area (Å²) in [5.41, 5.74) is 0.377. The Kier molecular flexibility index (Phi) is 8.27. The predicted molar refractivity (Wildman–Crippen MR) is 74.8 cm³/mol. The smallest absolute Gasteiger partial charge is 0.0587 e. The largest absolute Gasteiger partial charge is 0.383 e. The van der Waals surface area contributed by atoms with Gasteiger partial charge in [-0.05, 0) is 37.7 Å². The lowest BCUT2D eigenvalue weighted by Crippen LogP contribution is -2.42. The van der Waals surface area contributed by atoms with Gasteiger partial charge in [0.1, 0.15) is 0 Å². The minimum Gasteiger partial charge on any atom is -0.383 e. The van der Waals surface area contributed by atoms with Crippen LogP contribution < -0.4 is 5.32 Å². The van der Waals surface area contributed by atoms with E-state index in [-0.39, 0.29) is 0 Å². The summed E-state index contributed by atoms with van der Waals surface area (Å²) < 4.78 is 10.8. The van der Waals surface area contributed by atoms with Crippen LogP contribution in [0.4, 0.5) is 0 Å². The van der Waals surface area contributed by atoms with Crippen LogP contribution in [0.25, 0.3) is 0 Å². The SMILES string of the molecule is COCCNCC1(CCCSC)CCCOC1. The van der Waals surface area contributed by atoms with Crippen LogP contribution in [-0.2, 0) is 9.47 Å². The van der Waals surface area contributed by atoms with Gasteiger partial charge in [0.15, 0.2) is 0 Å². The average molecular weight is 261 g/mol. The Labute approximate surface area is 110 Å². The highest BCUT2D eigenvalue weighted by atomic mass is 32.2. The number of hydrogen-bond acceptors (Lipinski definition) is 4. The molecule has 0 spiro atoms. The van der Waals surface area contributed by atoms with Crippen molar-refractivity contribution in [3.05, 3.63) is 0 Å². The van der Waals surface area contributed by atoms with Gasteiger partial charge in [-0.3, -0.25) is 0 Å². The van der Waals surface area contributed by atoms with Crippen LogP contribution in [0.1, 0.15) is 25.7 Å². The fourth-order valence-corrected chi connectivity index (χ4v) is 2.89. The lowest BCUT2D eigenvalue weighted by molar-refractivity contribution is -0.0127. The highest BCUT2D eigenvalue weighted by Crippen LogP contribution is 2.33. The van der Waals surface area contributed by atoms with Gasteiger partial charge < -0.3 is 14.8 Å². The second kappa shape index (κ2) is 9.20. The summed E-state index contributed by atoms with van der Waals surface area (Å²) in [5, 5.41) is 3.51. The number of nitrogens with one attached hydrogen (secondary N) is 1. The molecule has 1 N–H and O–H groups in total. The van der Waals surface area contributed by atoms with Gasteiger partial charge in [0.05, 0.1) is 13.2 Å². The van der Waals surface area contributed by atoms with E-state index in [2.05, 4.69) is 11.6 Å². The van der Waals surface area contributed by atoms with E-state index in [1.165, 1.54) is 31.4 Å². The van der Waals surface area contributed by atoms with Gasteiger partial charge in [0.25, 0.3) is 0 Å². The van der Waals surface area contributed by atoms with Gasteiger partial charge >= 0.3 is 0 Å². The summed E-state index contributed by atoms with van der Waals surface area (Å²) in [7, 11) is 1.75. The van der Waals surface area contributed by atoms with E-state index in [0.717, 1.165) is 32.9 Å². The molecule has 3 nitrogen and oxygen atoms in total. The maximum absolute atomic E-state index is 5.70. The van der Waals surface area contributed by atoms with Crippen molar-refractivity contribution < 1.29 is 9.47 Å². The summed E-state index contributed by atoms with van der Waals surface area (Å²) in [5.74, 6) is 1.26. The first-order valence-electron chi connectivity index (χ1n) is 6.59. The summed E-state index contributed by atoms with van der Waals surface area (Å²) in [6.45, 7) is 4.69. The first kappa shape index (κ1) is 15.3. The van der Waals surface area contributed by atoms with Crippen LogP contribution >= 0.6 is 11.8 Å². The zero-order valence-electron chi connectivity index (χ0n) is 11.3. The topological polar surface area (TPSA) is 30.5 Å². The normalized spacial score (nSPS) is 25.1. The molecular weight excluding hydrogens is 234 g/mol. The van der Waals surface area contributed by atoms with Crippen molar-refractivity contribution >= 4 is 11.8 Å². The summed E-state index contributed by atoms with van der Waals surface area (Å²) in [6.07, 6.45) is 7.29. The molecular formula is C13H27NO2S. The summed E-state index contributed by atoms with van der Waals surface area (Å²) >= 11 is 1.94. The molecule has 1 aliphatic rings. The van der Waals surface area contributed by atoms with Crippen molar-refractivity contribution in [2.24, 2.45) is 5.41 Å². The van der Waals surface area contributed by atoms with Gasteiger partial charge in [0, 0.05) is 32.2 Å². The van der Waals surface area contributed by atoms with Gasteiger partial charge in [0.2, 0.25) is 0 Å². The molecule has 0 bridgehead atoms. The Morgan fingerprint density at radius 3 is 3.00 bits per heavy atom. The monoisotopic (exact) mass is 261 g/mol. The fraction of sp³-hybridized carbons (Fsp3) is 1.00. The number of methoxy groups -OCH3 is 1. The molecule has 0 aliphatic carbocycles. The van der Waals surface area contributed by atoms with Crippen molar-refractivity contribution in [3.8, 4) is 0 Å². The Morgan fingerprint density at radius 2 is 2.35 bits per heavy atom. The molecule has 4 heteroatoms. The molecule has 1 fully saturated rings. The lowest BCUT2D eigenvalue weighted by atomic mass is 9.78. The molecule has 0 amide bonds. The van der Waals surface area contributed by atoms with Crippen molar-refractivity contribution in [1.82, 2.24) is 5.32 Å². The van der Waals surface area contributed by atoms with Crippen LogP contribution in [0, 0.1) is 5.41 Å². The minimum absolute atomic E-state index is 0.377. The second-order valence-electron chi connectivity index (χ2n) is 4.92. The molecule has 0 saturated carbocycles. The number of ether oxygens (including phenoxy) is 2. The van der Waals surface area contributed by atoms with E-state index < -0.39 is 0 Å². The standard InChI is InChI=1S/C13H27NO2S/c1-15-9-7-14-11-13(6-4-10-17-2)5-3-8-16-12-13/h14H,3-12H2,1-2H3.